The molecule has 158 valence electrons. The summed E-state index contributed by atoms with van der Waals surface area (Å²) >= 11 is 0. The lowest BCUT2D eigenvalue weighted by atomic mass is 10.1. The predicted molar refractivity (Wildman–Crippen MR) is 103 cm³/mol. The molecule has 3 rings (SSSR count). The third-order valence-electron chi connectivity index (χ3n) is 4.54. The number of ether oxygens (including phenoxy) is 1. The first-order valence-electron chi connectivity index (χ1n) is 9.25. The van der Waals surface area contributed by atoms with Crippen molar-refractivity contribution in [2.75, 3.05) is 23.4 Å². The van der Waals surface area contributed by atoms with Crippen molar-refractivity contribution >= 4 is 29.2 Å². The average molecular weight is 420 g/mol. The molecule has 0 bridgehead atoms. The minimum Gasteiger partial charge on any atom is -0.455 e. The van der Waals surface area contributed by atoms with E-state index in [4.69, 9.17) is 4.74 Å². The topological polar surface area (TPSA) is 75.7 Å². The summed E-state index contributed by atoms with van der Waals surface area (Å²) in [4.78, 5) is 37.2. The molecule has 9 heteroatoms. The number of benzene rings is 2. The molecule has 1 N–H and O–H groups in total. The van der Waals surface area contributed by atoms with Gasteiger partial charge in [-0.15, -0.1) is 0 Å². The number of carbonyl (C=O) groups excluding carboxylic acids is 3. The van der Waals surface area contributed by atoms with Gasteiger partial charge in [0.25, 0.3) is 5.91 Å². The number of nitrogens with one attached hydrogen (secondary N) is 1. The Morgan fingerprint density at radius 3 is 2.40 bits per heavy atom. The minimum atomic E-state index is -4.62. The Balaban J connectivity index is 1.50. The van der Waals surface area contributed by atoms with E-state index in [0.717, 1.165) is 24.2 Å². The molecule has 0 unspecified atom stereocenters. The highest BCUT2D eigenvalue weighted by Crippen LogP contribution is 2.34. The Bertz CT molecular complexity index is 942. The van der Waals surface area contributed by atoms with Crippen LogP contribution in [0.4, 0.5) is 24.5 Å². The number of carbonyl (C=O) groups is 3. The van der Waals surface area contributed by atoms with E-state index < -0.39 is 35.9 Å². The molecule has 6 nitrogen and oxygen atoms in total. The summed E-state index contributed by atoms with van der Waals surface area (Å²) in [6.07, 6.45) is -3.40. The van der Waals surface area contributed by atoms with Crippen LogP contribution in [-0.2, 0) is 31.7 Å². The van der Waals surface area contributed by atoms with Gasteiger partial charge in [-0.25, -0.2) is 0 Å². The quantitative estimate of drug-likeness (QED) is 0.726. The molecule has 2 amide bonds. The van der Waals surface area contributed by atoms with Gasteiger partial charge in [-0.3, -0.25) is 14.4 Å². The van der Waals surface area contributed by atoms with Crippen molar-refractivity contribution in [2.45, 2.75) is 25.4 Å². The van der Waals surface area contributed by atoms with Crippen LogP contribution in [0.3, 0.4) is 0 Å². The second kappa shape index (κ2) is 8.98. The van der Waals surface area contributed by atoms with Crippen LogP contribution in [0.1, 0.15) is 24.0 Å². The Hall–Kier alpha value is -3.36. The van der Waals surface area contributed by atoms with E-state index in [1.807, 2.05) is 0 Å². The average Bonchev–Trinajstić information content (AvgIpc) is 3.12. The van der Waals surface area contributed by atoms with Gasteiger partial charge in [0.1, 0.15) is 0 Å². The molecule has 1 fully saturated rings. The summed E-state index contributed by atoms with van der Waals surface area (Å²) in [5, 5.41) is 2.11. The molecule has 0 saturated carbocycles. The number of amides is 2. The second-order valence-corrected chi connectivity index (χ2v) is 6.74. The fraction of sp³-hybridized carbons (Fsp3) is 0.286. The van der Waals surface area contributed by atoms with Crippen molar-refractivity contribution in [3.05, 3.63) is 59.7 Å². The molecule has 1 saturated heterocycles. The number of anilines is 2. The number of alkyl halides is 3. The molecule has 0 atom stereocenters. The molecule has 2 aromatic carbocycles. The maximum atomic E-state index is 12.9. The fourth-order valence-corrected chi connectivity index (χ4v) is 3.10. The number of rotatable bonds is 6. The van der Waals surface area contributed by atoms with Gasteiger partial charge in [-0.2, -0.15) is 13.2 Å². The largest absolute Gasteiger partial charge is 0.455 e. The highest BCUT2D eigenvalue weighted by atomic mass is 19.4. The highest BCUT2D eigenvalue weighted by molar-refractivity contribution is 5.95. The first-order valence-corrected chi connectivity index (χ1v) is 9.25. The van der Waals surface area contributed by atoms with E-state index >= 15 is 0 Å². The number of para-hydroxylation sites is 1. The van der Waals surface area contributed by atoms with E-state index in [0.29, 0.717) is 18.5 Å². The van der Waals surface area contributed by atoms with Crippen LogP contribution in [0.5, 0.6) is 0 Å². The van der Waals surface area contributed by atoms with Crippen molar-refractivity contribution < 1.29 is 32.3 Å². The molecule has 0 aromatic heterocycles. The van der Waals surface area contributed by atoms with Crippen LogP contribution in [0.25, 0.3) is 0 Å². The van der Waals surface area contributed by atoms with Gasteiger partial charge in [-0.05, 0) is 36.2 Å². The maximum Gasteiger partial charge on any atom is 0.418 e. The van der Waals surface area contributed by atoms with Crippen LogP contribution in [-0.4, -0.2) is 30.9 Å². The van der Waals surface area contributed by atoms with Gasteiger partial charge in [0.05, 0.1) is 17.7 Å². The summed E-state index contributed by atoms with van der Waals surface area (Å²) in [7, 11) is 0. The number of nitrogens with zero attached hydrogens (tertiary/aromatic N) is 1. The highest BCUT2D eigenvalue weighted by Gasteiger charge is 2.33. The van der Waals surface area contributed by atoms with E-state index in [2.05, 4.69) is 5.32 Å². The lowest BCUT2D eigenvalue weighted by Gasteiger charge is -2.16. The summed E-state index contributed by atoms with van der Waals surface area (Å²) in [6.45, 7) is -0.0435. The maximum absolute atomic E-state index is 12.9. The summed E-state index contributed by atoms with van der Waals surface area (Å²) in [5.74, 6) is -1.51. The molecule has 0 radical (unpaired) electrons. The number of hydrogen-bond donors (Lipinski definition) is 1. The molecule has 0 aliphatic carbocycles. The Morgan fingerprint density at radius 1 is 1.07 bits per heavy atom. The van der Waals surface area contributed by atoms with Crippen molar-refractivity contribution in [3.8, 4) is 0 Å². The van der Waals surface area contributed by atoms with Crippen LogP contribution < -0.4 is 10.2 Å². The van der Waals surface area contributed by atoms with Crippen molar-refractivity contribution in [1.82, 2.24) is 0 Å². The zero-order chi connectivity index (χ0) is 21.7. The number of halogens is 3. The Labute approximate surface area is 170 Å². The Morgan fingerprint density at radius 2 is 1.77 bits per heavy atom. The zero-order valence-electron chi connectivity index (χ0n) is 15.9. The van der Waals surface area contributed by atoms with Crippen molar-refractivity contribution in [2.24, 2.45) is 0 Å². The third kappa shape index (κ3) is 5.37. The normalized spacial score (nSPS) is 14.0. The standard InChI is InChI=1S/C21H19F3N2O4/c22-21(23,24)16-4-1-2-5-17(16)25-18(27)13-30-20(29)12-14-7-9-15(10-8-14)26-11-3-6-19(26)28/h1-2,4-5,7-10H,3,6,11-13H2,(H,25,27). The van der Waals surface area contributed by atoms with Gasteiger partial charge in [-0.1, -0.05) is 24.3 Å². The third-order valence-corrected chi connectivity index (χ3v) is 4.54. The molecular formula is C21H19F3N2O4. The molecule has 1 heterocycles. The van der Waals surface area contributed by atoms with Gasteiger partial charge in [0.15, 0.2) is 6.61 Å². The van der Waals surface area contributed by atoms with Crippen molar-refractivity contribution in [3.63, 3.8) is 0 Å². The predicted octanol–water partition coefficient (Wildman–Crippen LogP) is 3.56. The van der Waals surface area contributed by atoms with Crippen LogP contribution >= 0.6 is 0 Å². The smallest absolute Gasteiger partial charge is 0.418 e. The molecule has 0 spiro atoms. The van der Waals surface area contributed by atoms with Crippen LogP contribution in [0.2, 0.25) is 0 Å². The summed E-state index contributed by atoms with van der Waals surface area (Å²) < 4.78 is 43.7. The van der Waals surface area contributed by atoms with E-state index in [1.54, 1.807) is 29.2 Å². The molecule has 1 aliphatic heterocycles. The lowest BCUT2D eigenvalue weighted by molar-refractivity contribution is -0.146. The minimum absolute atomic E-state index is 0.0558. The van der Waals surface area contributed by atoms with E-state index in [9.17, 15) is 27.6 Å². The van der Waals surface area contributed by atoms with Gasteiger partial charge in [0.2, 0.25) is 5.91 Å². The summed E-state index contributed by atoms with van der Waals surface area (Å²) in [6, 6.07) is 11.4. The van der Waals surface area contributed by atoms with Crippen LogP contribution in [0.15, 0.2) is 48.5 Å². The molecular weight excluding hydrogens is 401 g/mol. The van der Waals surface area contributed by atoms with Gasteiger partial charge >= 0.3 is 12.1 Å². The first kappa shape index (κ1) is 21.4. The fourth-order valence-electron chi connectivity index (χ4n) is 3.10. The van der Waals surface area contributed by atoms with Gasteiger partial charge < -0.3 is 15.0 Å². The van der Waals surface area contributed by atoms with Crippen LogP contribution in [0, 0.1) is 0 Å². The SMILES string of the molecule is O=C(COC(=O)Cc1ccc(N2CCCC2=O)cc1)Nc1ccccc1C(F)(F)F. The Kier molecular flexibility index (Phi) is 6.39. The van der Waals surface area contributed by atoms with Crippen molar-refractivity contribution in [1.29, 1.82) is 0 Å². The number of esters is 1. The zero-order valence-corrected chi connectivity index (χ0v) is 15.9. The molecule has 30 heavy (non-hydrogen) atoms. The first-order chi connectivity index (χ1) is 14.2. The van der Waals surface area contributed by atoms with E-state index in [1.165, 1.54) is 12.1 Å². The monoisotopic (exact) mass is 420 g/mol. The lowest BCUT2D eigenvalue weighted by Crippen LogP contribution is -2.24. The molecule has 1 aliphatic rings. The molecule has 2 aromatic rings. The number of hydrogen-bond acceptors (Lipinski definition) is 4. The van der Waals surface area contributed by atoms with E-state index in [-0.39, 0.29) is 12.3 Å². The summed E-state index contributed by atoms with van der Waals surface area (Å²) in [5.41, 5.74) is -0.0186. The second-order valence-electron chi connectivity index (χ2n) is 6.74. The van der Waals surface area contributed by atoms with Gasteiger partial charge in [0, 0.05) is 18.7 Å².